The van der Waals surface area contributed by atoms with Crippen LogP contribution in [-0.4, -0.2) is 30.7 Å². The largest absolute Gasteiger partial charge is 0.493 e. The summed E-state index contributed by atoms with van der Waals surface area (Å²) in [7, 11) is 1.56. The number of thiophene rings is 1. The molecule has 2 N–H and O–H groups in total. The zero-order chi connectivity index (χ0) is 20.1. The highest BCUT2D eigenvalue weighted by Gasteiger charge is 2.25. The fraction of sp³-hybridized carbons (Fsp3) is 0.333. The van der Waals surface area contributed by atoms with Crippen molar-refractivity contribution in [1.29, 1.82) is 0 Å². The zero-order valence-electron chi connectivity index (χ0n) is 15.9. The number of carbonyl (C=O) groups is 2. The van der Waals surface area contributed by atoms with Gasteiger partial charge in [0.15, 0.2) is 11.5 Å². The summed E-state index contributed by atoms with van der Waals surface area (Å²) in [6.45, 7) is 2.43. The van der Waals surface area contributed by atoms with Crippen LogP contribution in [0.25, 0.3) is 6.08 Å². The molecular weight excluding hydrogens is 378 g/mol. The summed E-state index contributed by atoms with van der Waals surface area (Å²) in [5.41, 5.74) is 1.89. The number of anilines is 1. The van der Waals surface area contributed by atoms with Gasteiger partial charge in [0, 0.05) is 11.0 Å². The van der Waals surface area contributed by atoms with E-state index in [0.29, 0.717) is 23.1 Å². The molecule has 0 fully saturated rings. The summed E-state index contributed by atoms with van der Waals surface area (Å²) in [4.78, 5) is 25.1. The van der Waals surface area contributed by atoms with Crippen LogP contribution in [0.5, 0.6) is 11.5 Å². The highest BCUT2D eigenvalue weighted by atomic mass is 32.1. The summed E-state index contributed by atoms with van der Waals surface area (Å²) in [5.74, 6) is -0.130. The van der Waals surface area contributed by atoms with E-state index >= 15 is 0 Å². The molecule has 0 saturated carbocycles. The third-order valence-electron chi connectivity index (χ3n) is 4.54. The smallest absolute Gasteiger partial charge is 0.339 e. The maximum atomic E-state index is 12.4. The summed E-state index contributed by atoms with van der Waals surface area (Å²) in [6.07, 6.45) is 6.71. The Hall–Kier alpha value is -2.80. The standard InChI is InChI=1S/C21H23NO5S/c1-3-27-15-10-8-13(12-16(15)26-2)9-11-18(23)22-20-19(21(24)25)14-6-4-5-7-17(14)28-20/h8-12H,3-7H2,1-2H3,(H,22,23)(H,24,25)/b11-9+. The molecule has 1 heterocycles. The van der Waals surface area contributed by atoms with E-state index in [1.54, 1.807) is 25.3 Å². The van der Waals surface area contributed by atoms with Crippen molar-refractivity contribution in [1.82, 2.24) is 0 Å². The lowest BCUT2D eigenvalue weighted by Crippen LogP contribution is -2.11. The summed E-state index contributed by atoms with van der Waals surface area (Å²) in [5, 5.41) is 12.7. The monoisotopic (exact) mass is 401 g/mol. The van der Waals surface area contributed by atoms with Gasteiger partial charge in [0.25, 0.3) is 0 Å². The van der Waals surface area contributed by atoms with Crippen LogP contribution in [0.2, 0.25) is 0 Å². The lowest BCUT2D eigenvalue weighted by molar-refractivity contribution is -0.111. The minimum atomic E-state index is -0.991. The normalized spacial score (nSPS) is 13.2. The predicted molar refractivity (Wildman–Crippen MR) is 110 cm³/mol. The van der Waals surface area contributed by atoms with Gasteiger partial charge >= 0.3 is 5.97 Å². The van der Waals surface area contributed by atoms with Crippen LogP contribution in [0.4, 0.5) is 5.00 Å². The number of carboxylic acids is 1. The van der Waals surface area contributed by atoms with Gasteiger partial charge in [-0.05, 0) is 61.9 Å². The van der Waals surface area contributed by atoms with Crippen LogP contribution in [0, 0.1) is 0 Å². The fourth-order valence-electron chi connectivity index (χ4n) is 3.27. The number of hydrogen-bond acceptors (Lipinski definition) is 5. The third-order valence-corrected chi connectivity index (χ3v) is 5.74. The van der Waals surface area contributed by atoms with Crippen molar-refractivity contribution in [2.24, 2.45) is 0 Å². The average molecular weight is 401 g/mol. The van der Waals surface area contributed by atoms with Crippen LogP contribution in [0.15, 0.2) is 24.3 Å². The molecule has 1 aromatic heterocycles. The minimum Gasteiger partial charge on any atom is -0.493 e. The Bertz CT molecular complexity index is 916. The molecule has 28 heavy (non-hydrogen) atoms. The number of rotatable bonds is 7. The second kappa shape index (κ2) is 8.93. The molecule has 1 aliphatic rings. The van der Waals surface area contributed by atoms with Crippen molar-refractivity contribution in [3.8, 4) is 11.5 Å². The van der Waals surface area contributed by atoms with Crippen LogP contribution >= 0.6 is 11.3 Å². The van der Waals surface area contributed by atoms with Crippen molar-refractivity contribution in [3.63, 3.8) is 0 Å². The number of methoxy groups -OCH3 is 1. The number of amides is 1. The number of carbonyl (C=O) groups excluding carboxylic acids is 1. The topological polar surface area (TPSA) is 84.9 Å². The quantitative estimate of drug-likeness (QED) is 0.673. The molecular formula is C21H23NO5S. The molecule has 0 aliphatic heterocycles. The first-order chi connectivity index (χ1) is 13.5. The molecule has 0 atom stereocenters. The number of benzene rings is 1. The number of aromatic carboxylic acids is 1. The molecule has 0 radical (unpaired) electrons. The molecule has 1 aliphatic carbocycles. The van der Waals surface area contributed by atoms with E-state index in [4.69, 9.17) is 9.47 Å². The number of carboxylic acid groups (broad SMARTS) is 1. The van der Waals surface area contributed by atoms with E-state index in [1.807, 2.05) is 13.0 Å². The van der Waals surface area contributed by atoms with Crippen LogP contribution in [-0.2, 0) is 17.6 Å². The zero-order valence-corrected chi connectivity index (χ0v) is 16.7. The molecule has 0 saturated heterocycles. The van der Waals surface area contributed by atoms with Crippen molar-refractivity contribution in [3.05, 3.63) is 45.8 Å². The minimum absolute atomic E-state index is 0.240. The summed E-state index contributed by atoms with van der Waals surface area (Å²) < 4.78 is 10.8. The van der Waals surface area contributed by atoms with Gasteiger partial charge in [-0.2, -0.15) is 0 Å². The first kappa shape index (κ1) is 19.9. The summed E-state index contributed by atoms with van der Waals surface area (Å²) >= 11 is 1.37. The van der Waals surface area contributed by atoms with Crippen LogP contribution in [0.3, 0.4) is 0 Å². The van der Waals surface area contributed by atoms with Crippen LogP contribution < -0.4 is 14.8 Å². The highest BCUT2D eigenvalue weighted by Crippen LogP contribution is 2.38. The van der Waals surface area contributed by atoms with E-state index in [-0.39, 0.29) is 11.5 Å². The van der Waals surface area contributed by atoms with Gasteiger partial charge in [0.2, 0.25) is 5.91 Å². The molecule has 6 nitrogen and oxygen atoms in total. The first-order valence-corrected chi connectivity index (χ1v) is 10.0. The van der Waals surface area contributed by atoms with Gasteiger partial charge in [-0.1, -0.05) is 6.07 Å². The maximum Gasteiger partial charge on any atom is 0.339 e. The molecule has 1 aromatic carbocycles. The second-order valence-electron chi connectivity index (χ2n) is 6.39. The lowest BCUT2D eigenvalue weighted by Gasteiger charge is -2.10. The van der Waals surface area contributed by atoms with Gasteiger partial charge in [-0.3, -0.25) is 4.79 Å². The van der Waals surface area contributed by atoms with Crippen molar-refractivity contribution >= 4 is 34.3 Å². The Balaban J connectivity index is 1.76. The molecule has 2 aromatic rings. The first-order valence-electron chi connectivity index (χ1n) is 9.21. The summed E-state index contributed by atoms with van der Waals surface area (Å²) in [6, 6.07) is 5.39. The molecule has 0 unspecified atom stereocenters. The molecule has 7 heteroatoms. The number of nitrogens with one attached hydrogen (secondary N) is 1. The molecule has 0 spiro atoms. The molecule has 1 amide bonds. The van der Waals surface area contributed by atoms with E-state index in [9.17, 15) is 14.7 Å². The van der Waals surface area contributed by atoms with Crippen molar-refractivity contribution < 1.29 is 24.2 Å². The molecule has 0 bridgehead atoms. The lowest BCUT2D eigenvalue weighted by atomic mass is 9.95. The van der Waals surface area contributed by atoms with Crippen molar-refractivity contribution in [2.75, 3.05) is 19.0 Å². The van der Waals surface area contributed by atoms with Gasteiger partial charge in [0.1, 0.15) is 5.00 Å². The number of ether oxygens (including phenoxy) is 2. The number of fused-ring (bicyclic) bond motifs is 1. The average Bonchev–Trinajstić information content (AvgIpc) is 3.05. The van der Waals surface area contributed by atoms with E-state index in [0.717, 1.165) is 41.7 Å². The molecule has 3 rings (SSSR count). The maximum absolute atomic E-state index is 12.4. The predicted octanol–water partition coefficient (Wildman–Crippen LogP) is 4.38. The SMILES string of the molecule is CCOc1ccc(/C=C/C(=O)Nc2sc3c(c2C(=O)O)CCCC3)cc1OC. The second-order valence-corrected chi connectivity index (χ2v) is 7.49. The Morgan fingerprint density at radius 3 is 2.75 bits per heavy atom. The number of aryl methyl sites for hydroxylation is 1. The van der Waals surface area contributed by atoms with E-state index in [2.05, 4.69) is 5.32 Å². The van der Waals surface area contributed by atoms with Gasteiger partial charge < -0.3 is 19.9 Å². The van der Waals surface area contributed by atoms with E-state index < -0.39 is 5.97 Å². The molecule has 148 valence electrons. The van der Waals surface area contributed by atoms with Gasteiger partial charge in [-0.25, -0.2) is 4.79 Å². The van der Waals surface area contributed by atoms with Crippen LogP contribution in [0.1, 0.15) is 46.1 Å². The number of hydrogen-bond donors (Lipinski definition) is 2. The Morgan fingerprint density at radius 2 is 2.04 bits per heavy atom. The van der Waals surface area contributed by atoms with Crippen molar-refractivity contribution in [2.45, 2.75) is 32.6 Å². The third kappa shape index (κ3) is 4.36. The van der Waals surface area contributed by atoms with E-state index in [1.165, 1.54) is 17.4 Å². The highest BCUT2D eigenvalue weighted by molar-refractivity contribution is 7.17. The van der Waals surface area contributed by atoms with Gasteiger partial charge in [0.05, 0.1) is 19.3 Å². The fourth-order valence-corrected chi connectivity index (χ4v) is 4.55. The Labute approximate surface area is 167 Å². The van der Waals surface area contributed by atoms with Gasteiger partial charge in [-0.15, -0.1) is 11.3 Å². The Kier molecular flexibility index (Phi) is 6.36. The Morgan fingerprint density at radius 1 is 1.25 bits per heavy atom.